The molecule has 2 rings (SSSR count). The van der Waals surface area contributed by atoms with E-state index >= 15 is 0 Å². The number of ether oxygens (including phenoxy) is 1. The number of aryl methyl sites for hydroxylation is 1. The Morgan fingerprint density at radius 2 is 2.12 bits per heavy atom. The van der Waals surface area contributed by atoms with Crippen LogP contribution in [0.4, 0.5) is 0 Å². The topological polar surface area (TPSA) is 35.2 Å². The number of rotatable bonds is 4. The molecule has 0 saturated carbocycles. The Morgan fingerprint density at radius 1 is 1.29 bits per heavy atom. The van der Waals surface area contributed by atoms with E-state index in [1.54, 1.807) is 7.11 Å². The first-order chi connectivity index (χ1) is 8.26. The molecule has 2 N–H and O–H groups in total. The second-order valence-corrected chi connectivity index (χ2v) is 5.12. The standard InChI is InChI=1S/C15H23NO/c1-17-12-6-11-15(16)10-5-4-8-13-7-2-3-9-14(13)15/h2-3,7,9H,4-6,8,10-12,16H2,1H3. The number of hydrogen-bond donors (Lipinski definition) is 1. The van der Waals surface area contributed by atoms with Gasteiger partial charge >= 0.3 is 0 Å². The van der Waals surface area contributed by atoms with Crippen LogP contribution < -0.4 is 5.73 Å². The number of fused-ring (bicyclic) bond motifs is 1. The van der Waals surface area contributed by atoms with Gasteiger partial charge in [0.25, 0.3) is 0 Å². The summed E-state index contributed by atoms with van der Waals surface area (Å²) in [5, 5.41) is 0. The van der Waals surface area contributed by atoms with Crippen LogP contribution >= 0.6 is 0 Å². The van der Waals surface area contributed by atoms with Gasteiger partial charge in [0.05, 0.1) is 0 Å². The van der Waals surface area contributed by atoms with E-state index in [0.29, 0.717) is 0 Å². The van der Waals surface area contributed by atoms with Gasteiger partial charge < -0.3 is 10.5 Å². The third-order valence-electron chi connectivity index (χ3n) is 3.84. The number of hydrogen-bond acceptors (Lipinski definition) is 2. The zero-order chi connectivity index (χ0) is 12.1. The van der Waals surface area contributed by atoms with E-state index in [-0.39, 0.29) is 5.54 Å². The van der Waals surface area contributed by atoms with Crippen molar-refractivity contribution in [3.05, 3.63) is 35.4 Å². The summed E-state index contributed by atoms with van der Waals surface area (Å²) >= 11 is 0. The Balaban J connectivity index is 2.20. The zero-order valence-corrected chi connectivity index (χ0v) is 10.7. The fraction of sp³-hybridized carbons (Fsp3) is 0.600. The summed E-state index contributed by atoms with van der Waals surface area (Å²) in [6.07, 6.45) is 6.85. The molecule has 0 radical (unpaired) electrons. The molecule has 0 aromatic heterocycles. The molecule has 1 aliphatic rings. The third-order valence-corrected chi connectivity index (χ3v) is 3.84. The molecular weight excluding hydrogens is 210 g/mol. The molecule has 1 aromatic carbocycles. The normalized spacial score (nSPS) is 24.1. The van der Waals surface area contributed by atoms with Crippen LogP contribution in [0.5, 0.6) is 0 Å². The van der Waals surface area contributed by atoms with Crippen LogP contribution in [0.1, 0.15) is 43.2 Å². The Bertz CT molecular complexity index is 364. The van der Waals surface area contributed by atoms with Gasteiger partial charge in [-0.05, 0) is 43.2 Å². The van der Waals surface area contributed by atoms with Gasteiger partial charge in [-0.1, -0.05) is 30.7 Å². The van der Waals surface area contributed by atoms with E-state index in [1.807, 2.05) is 0 Å². The van der Waals surface area contributed by atoms with Gasteiger partial charge in [0, 0.05) is 19.3 Å². The molecule has 1 aliphatic carbocycles. The summed E-state index contributed by atoms with van der Waals surface area (Å²) in [6, 6.07) is 8.69. The molecule has 0 bridgehead atoms. The van der Waals surface area contributed by atoms with Gasteiger partial charge in [0.2, 0.25) is 0 Å². The van der Waals surface area contributed by atoms with Crippen molar-refractivity contribution >= 4 is 0 Å². The van der Waals surface area contributed by atoms with Crippen molar-refractivity contribution in [1.29, 1.82) is 0 Å². The van der Waals surface area contributed by atoms with Crippen molar-refractivity contribution in [2.45, 2.75) is 44.1 Å². The van der Waals surface area contributed by atoms with Crippen molar-refractivity contribution < 1.29 is 4.74 Å². The molecule has 0 saturated heterocycles. The summed E-state index contributed by atoms with van der Waals surface area (Å²) in [5.41, 5.74) is 9.34. The van der Waals surface area contributed by atoms with E-state index in [4.69, 9.17) is 10.5 Å². The first-order valence-electron chi connectivity index (χ1n) is 6.62. The molecule has 1 atom stereocenters. The van der Waals surface area contributed by atoms with Crippen LogP contribution in [0, 0.1) is 0 Å². The molecule has 1 unspecified atom stereocenters. The molecule has 1 aromatic rings. The number of methoxy groups -OCH3 is 1. The van der Waals surface area contributed by atoms with Crippen LogP contribution in [0.25, 0.3) is 0 Å². The molecule has 94 valence electrons. The van der Waals surface area contributed by atoms with E-state index in [2.05, 4.69) is 24.3 Å². The highest BCUT2D eigenvalue weighted by atomic mass is 16.5. The van der Waals surface area contributed by atoms with Gasteiger partial charge in [0.1, 0.15) is 0 Å². The van der Waals surface area contributed by atoms with Crippen molar-refractivity contribution in [2.75, 3.05) is 13.7 Å². The maximum atomic E-state index is 6.66. The van der Waals surface area contributed by atoms with E-state index < -0.39 is 0 Å². The van der Waals surface area contributed by atoms with E-state index in [1.165, 1.54) is 30.4 Å². The minimum absolute atomic E-state index is 0.133. The van der Waals surface area contributed by atoms with Crippen molar-refractivity contribution in [2.24, 2.45) is 5.73 Å². The van der Waals surface area contributed by atoms with Gasteiger partial charge in [-0.2, -0.15) is 0 Å². The maximum absolute atomic E-state index is 6.66. The molecule has 0 aliphatic heterocycles. The fourth-order valence-electron chi connectivity index (χ4n) is 2.91. The lowest BCUT2D eigenvalue weighted by molar-refractivity contribution is 0.181. The van der Waals surface area contributed by atoms with E-state index in [0.717, 1.165) is 25.9 Å². The molecule has 0 amide bonds. The maximum Gasteiger partial charge on any atom is 0.0463 e. The second-order valence-electron chi connectivity index (χ2n) is 5.12. The Morgan fingerprint density at radius 3 is 2.94 bits per heavy atom. The van der Waals surface area contributed by atoms with Gasteiger partial charge in [-0.15, -0.1) is 0 Å². The van der Waals surface area contributed by atoms with Gasteiger partial charge in [-0.25, -0.2) is 0 Å². The molecule has 0 heterocycles. The first-order valence-corrected chi connectivity index (χ1v) is 6.62. The molecule has 0 fully saturated rings. The molecular formula is C15H23NO. The Labute approximate surface area is 104 Å². The van der Waals surface area contributed by atoms with Crippen molar-refractivity contribution in [3.63, 3.8) is 0 Å². The fourth-order valence-corrected chi connectivity index (χ4v) is 2.91. The summed E-state index contributed by atoms with van der Waals surface area (Å²) in [5.74, 6) is 0. The molecule has 0 spiro atoms. The Kier molecular flexibility index (Phi) is 4.19. The summed E-state index contributed by atoms with van der Waals surface area (Å²) in [6.45, 7) is 0.807. The lowest BCUT2D eigenvalue weighted by Gasteiger charge is -2.30. The lowest BCUT2D eigenvalue weighted by Crippen LogP contribution is -2.37. The van der Waals surface area contributed by atoms with Crippen molar-refractivity contribution in [1.82, 2.24) is 0 Å². The average Bonchev–Trinajstić information content (AvgIpc) is 2.51. The first kappa shape index (κ1) is 12.6. The number of benzene rings is 1. The van der Waals surface area contributed by atoms with Crippen molar-refractivity contribution in [3.8, 4) is 0 Å². The molecule has 17 heavy (non-hydrogen) atoms. The van der Waals surface area contributed by atoms with Gasteiger partial charge in [-0.3, -0.25) is 0 Å². The predicted molar refractivity (Wildman–Crippen MR) is 71.0 cm³/mol. The van der Waals surface area contributed by atoms with Crippen LogP contribution in [0.15, 0.2) is 24.3 Å². The highest BCUT2D eigenvalue weighted by Gasteiger charge is 2.30. The van der Waals surface area contributed by atoms with Crippen LogP contribution in [0.2, 0.25) is 0 Å². The van der Waals surface area contributed by atoms with Crippen LogP contribution in [-0.2, 0) is 16.7 Å². The highest BCUT2D eigenvalue weighted by molar-refractivity contribution is 5.34. The minimum atomic E-state index is -0.133. The average molecular weight is 233 g/mol. The van der Waals surface area contributed by atoms with Crippen LogP contribution in [0.3, 0.4) is 0 Å². The monoisotopic (exact) mass is 233 g/mol. The quantitative estimate of drug-likeness (QED) is 0.641. The highest BCUT2D eigenvalue weighted by Crippen LogP contribution is 2.35. The largest absolute Gasteiger partial charge is 0.385 e. The second kappa shape index (κ2) is 5.65. The summed E-state index contributed by atoms with van der Waals surface area (Å²) in [4.78, 5) is 0. The summed E-state index contributed by atoms with van der Waals surface area (Å²) < 4.78 is 5.14. The number of nitrogens with two attached hydrogens (primary N) is 1. The predicted octanol–water partition coefficient (Wildman–Crippen LogP) is 2.99. The van der Waals surface area contributed by atoms with Crippen LogP contribution in [-0.4, -0.2) is 13.7 Å². The smallest absolute Gasteiger partial charge is 0.0463 e. The van der Waals surface area contributed by atoms with Gasteiger partial charge in [0.15, 0.2) is 0 Å². The SMILES string of the molecule is COCCCC1(N)CCCCc2ccccc21. The van der Waals surface area contributed by atoms with E-state index in [9.17, 15) is 0 Å². The lowest BCUT2D eigenvalue weighted by atomic mass is 9.82. The zero-order valence-electron chi connectivity index (χ0n) is 10.7. The Hall–Kier alpha value is -0.860. The molecule has 2 heteroatoms. The minimum Gasteiger partial charge on any atom is -0.385 e. The molecule has 2 nitrogen and oxygen atoms in total. The third kappa shape index (κ3) is 2.88. The summed E-state index contributed by atoms with van der Waals surface area (Å²) in [7, 11) is 1.75.